The summed E-state index contributed by atoms with van der Waals surface area (Å²) in [6.45, 7) is 0.712. The molecule has 3 aromatic carbocycles. The highest BCUT2D eigenvalue weighted by molar-refractivity contribution is 6.07. The number of hydrogen-bond acceptors (Lipinski definition) is 3. The number of carbonyl (C=O) groups excluding carboxylic acids is 2. The van der Waals surface area contributed by atoms with E-state index in [9.17, 15) is 9.59 Å². The third-order valence-electron chi connectivity index (χ3n) is 5.33. The molecule has 5 nitrogen and oxygen atoms in total. The summed E-state index contributed by atoms with van der Waals surface area (Å²) < 4.78 is 5.17. The average molecular weight is 400 g/mol. The van der Waals surface area contributed by atoms with Crippen molar-refractivity contribution in [2.24, 2.45) is 0 Å². The topological polar surface area (TPSA) is 58.6 Å². The Morgan fingerprint density at radius 2 is 1.70 bits per heavy atom. The number of methoxy groups -OCH3 is 1. The van der Waals surface area contributed by atoms with Crippen molar-refractivity contribution in [3.05, 3.63) is 89.5 Å². The lowest BCUT2D eigenvalue weighted by Crippen LogP contribution is -2.31. The van der Waals surface area contributed by atoms with E-state index in [2.05, 4.69) is 11.4 Å². The highest BCUT2D eigenvalue weighted by atomic mass is 16.5. The number of rotatable bonds is 4. The summed E-state index contributed by atoms with van der Waals surface area (Å²) in [6, 6.07) is 22.1. The van der Waals surface area contributed by atoms with Gasteiger partial charge in [0, 0.05) is 29.0 Å². The van der Waals surface area contributed by atoms with Crippen LogP contribution in [0.25, 0.3) is 0 Å². The zero-order valence-corrected chi connectivity index (χ0v) is 16.9. The van der Waals surface area contributed by atoms with Crippen molar-refractivity contribution in [1.29, 1.82) is 0 Å². The fourth-order valence-corrected chi connectivity index (χ4v) is 3.72. The van der Waals surface area contributed by atoms with Crippen molar-refractivity contribution in [1.82, 2.24) is 0 Å². The minimum Gasteiger partial charge on any atom is -0.497 e. The lowest BCUT2D eigenvalue weighted by molar-refractivity contribution is 0.0985. The van der Waals surface area contributed by atoms with Gasteiger partial charge in [-0.2, -0.15) is 0 Å². The third kappa shape index (κ3) is 4.20. The van der Waals surface area contributed by atoms with Crippen molar-refractivity contribution in [3.8, 4) is 5.75 Å². The van der Waals surface area contributed by atoms with Gasteiger partial charge < -0.3 is 15.0 Å². The second kappa shape index (κ2) is 8.82. The van der Waals surface area contributed by atoms with Crippen molar-refractivity contribution < 1.29 is 14.3 Å². The molecule has 1 heterocycles. The standard InChI is InChI=1S/C25H24N2O3/c1-30-22-10-6-9-20(17-22)24(28)26-21-14-12-19(13-15-21)25(29)27-16-5-4-8-18-7-2-3-11-23(18)27/h2-3,6-7,9-15,17H,4-5,8,16H2,1H3,(H,26,28). The van der Waals surface area contributed by atoms with Crippen LogP contribution in [0.2, 0.25) is 0 Å². The van der Waals surface area contributed by atoms with Gasteiger partial charge in [-0.15, -0.1) is 0 Å². The van der Waals surface area contributed by atoms with E-state index in [-0.39, 0.29) is 11.8 Å². The summed E-state index contributed by atoms with van der Waals surface area (Å²) in [6.07, 6.45) is 3.06. The molecule has 152 valence electrons. The van der Waals surface area contributed by atoms with Crippen LogP contribution in [0.15, 0.2) is 72.8 Å². The van der Waals surface area contributed by atoms with Gasteiger partial charge in [-0.05, 0) is 73.4 Å². The van der Waals surface area contributed by atoms with E-state index in [4.69, 9.17) is 4.74 Å². The maximum absolute atomic E-state index is 13.2. The molecule has 0 atom stereocenters. The molecule has 4 rings (SSSR count). The first kappa shape index (κ1) is 19.7. The molecule has 1 N–H and O–H groups in total. The predicted octanol–water partition coefficient (Wildman–Crippen LogP) is 4.93. The monoisotopic (exact) mass is 400 g/mol. The molecule has 2 amide bonds. The minimum atomic E-state index is -0.227. The van der Waals surface area contributed by atoms with E-state index in [0.29, 0.717) is 29.1 Å². The molecule has 1 aliphatic rings. The van der Waals surface area contributed by atoms with Crippen LogP contribution in [0.4, 0.5) is 11.4 Å². The highest BCUT2D eigenvalue weighted by Gasteiger charge is 2.22. The zero-order chi connectivity index (χ0) is 20.9. The smallest absolute Gasteiger partial charge is 0.258 e. The number of amides is 2. The number of hydrogen-bond donors (Lipinski definition) is 1. The Morgan fingerprint density at radius 3 is 2.50 bits per heavy atom. The summed E-state index contributed by atoms with van der Waals surface area (Å²) >= 11 is 0. The first-order chi connectivity index (χ1) is 14.7. The summed E-state index contributed by atoms with van der Waals surface area (Å²) in [7, 11) is 1.56. The summed E-state index contributed by atoms with van der Waals surface area (Å²) in [5.74, 6) is 0.380. The third-order valence-corrected chi connectivity index (χ3v) is 5.33. The molecule has 1 aliphatic heterocycles. The Bertz CT molecular complexity index is 1060. The van der Waals surface area contributed by atoms with Crippen molar-refractivity contribution in [2.75, 3.05) is 23.9 Å². The summed E-state index contributed by atoms with van der Waals surface area (Å²) in [5.41, 5.74) is 3.96. The van der Waals surface area contributed by atoms with Gasteiger partial charge in [-0.1, -0.05) is 24.3 Å². The molecule has 0 aliphatic carbocycles. The molecule has 0 bridgehead atoms. The second-order valence-electron chi connectivity index (χ2n) is 7.31. The Kier molecular flexibility index (Phi) is 5.80. The average Bonchev–Trinajstić information content (AvgIpc) is 3.02. The first-order valence-electron chi connectivity index (χ1n) is 10.1. The second-order valence-corrected chi connectivity index (χ2v) is 7.31. The van der Waals surface area contributed by atoms with Gasteiger partial charge in [0.15, 0.2) is 0 Å². The highest BCUT2D eigenvalue weighted by Crippen LogP contribution is 2.27. The summed E-state index contributed by atoms with van der Waals surface area (Å²) in [5, 5.41) is 2.86. The lowest BCUT2D eigenvalue weighted by atomic mass is 10.1. The van der Waals surface area contributed by atoms with E-state index in [1.54, 1.807) is 55.6 Å². The van der Waals surface area contributed by atoms with Crippen LogP contribution >= 0.6 is 0 Å². The molecule has 3 aromatic rings. The fraction of sp³-hybridized carbons (Fsp3) is 0.200. The van der Waals surface area contributed by atoms with Gasteiger partial charge in [0.05, 0.1) is 7.11 Å². The molecule has 5 heteroatoms. The molecular weight excluding hydrogens is 376 g/mol. The number of anilines is 2. The zero-order valence-electron chi connectivity index (χ0n) is 16.9. The number of aryl methyl sites for hydroxylation is 1. The number of ether oxygens (including phenoxy) is 1. The quantitative estimate of drug-likeness (QED) is 0.675. The van der Waals surface area contributed by atoms with E-state index < -0.39 is 0 Å². The molecule has 0 fully saturated rings. The minimum absolute atomic E-state index is 0.0185. The molecule has 0 saturated carbocycles. The van der Waals surface area contributed by atoms with Crippen LogP contribution < -0.4 is 15.0 Å². The van der Waals surface area contributed by atoms with Crippen molar-refractivity contribution in [3.63, 3.8) is 0 Å². The van der Waals surface area contributed by atoms with Crippen LogP contribution in [-0.4, -0.2) is 25.5 Å². The SMILES string of the molecule is COc1cccc(C(=O)Nc2ccc(C(=O)N3CCCCc4ccccc43)cc2)c1. The van der Waals surface area contributed by atoms with Crippen molar-refractivity contribution in [2.45, 2.75) is 19.3 Å². The Labute approximate surface area is 176 Å². The van der Waals surface area contributed by atoms with Gasteiger partial charge >= 0.3 is 0 Å². The summed E-state index contributed by atoms with van der Waals surface area (Å²) in [4.78, 5) is 27.5. The first-order valence-corrected chi connectivity index (χ1v) is 10.1. The molecular formula is C25H24N2O3. The Balaban J connectivity index is 1.49. The largest absolute Gasteiger partial charge is 0.497 e. The van der Waals surface area contributed by atoms with Crippen LogP contribution in [0, 0.1) is 0 Å². The number of fused-ring (bicyclic) bond motifs is 1. The van der Waals surface area contributed by atoms with Gasteiger partial charge in [-0.25, -0.2) is 0 Å². The van der Waals surface area contributed by atoms with Crippen LogP contribution in [0.5, 0.6) is 5.75 Å². The normalized spacial score (nSPS) is 13.2. The van der Waals surface area contributed by atoms with Crippen molar-refractivity contribution >= 4 is 23.2 Å². The Morgan fingerprint density at radius 1 is 0.900 bits per heavy atom. The number of nitrogens with one attached hydrogen (secondary N) is 1. The Hall–Kier alpha value is -3.60. The maximum Gasteiger partial charge on any atom is 0.258 e. The lowest BCUT2D eigenvalue weighted by Gasteiger charge is -2.23. The van der Waals surface area contributed by atoms with Gasteiger partial charge in [0.2, 0.25) is 0 Å². The predicted molar refractivity (Wildman–Crippen MR) is 118 cm³/mol. The number of para-hydroxylation sites is 1. The van der Waals surface area contributed by atoms with Gasteiger partial charge in [-0.3, -0.25) is 9.59 Å². The van der Waals surface area contributed by atoms with Gasteiger partial charge in [0.25, 0.3) is 11.8 Å². The number of carbonyl (C=O) groups is 2. The number of benzene rings is 3. The molecule has 0 aromatic heterocycles. The number of nitrogens with zero attached hydrogens (tertiary/aromatic N) is 1. The van der Waals surface area contributed by atoms with Gasteiger partial charge in [0.1, 0.15) is 5.75 Å². The van der Waals surface area contributed by atoms with E-state index in [0.717, 1.165) is 24.9 Å². The molecule has 0 saturated heterocycles. The van der Waals surface area contributed by atoms with E-state index in [1.807, 2.05) is 23.1 Å². The molecule has 30 heavy (non-hydrogen) atoms. The molecule has 0 unspecified atom stereocenters. The van der Waals surface area contributed by atoms with Crippen LogP contribution in [0.1, 0.15) is 39.1 Å². The van der Waals surface area contributed by atoms with E-state index >= 15 is 0 Å². The van der Waals surface area contributed by atoms with Crippen LogP contribution in [-0.2, 0) is 6.42 Å². The van der Waals surface area contributed by atoms with Crippen LogP contribution in [0.3, 0.4) is 0 Å². The molecule has 0 radical (unpaired) electrons. The fourth-order valence-electron chi connectivity index (χ4n) is 3.72. The van der Waals surface area contributed by atoms with E-state index in [1.165, 1.54) is 5.56 Å². The maximum atomic E-state index is 13.2. The molecule has 0 spiro atoms.